The highest BCUT2D eigenvalue weighted by Gasteiger charge is 2.49. The highest BCUT2D eigenvalue weighted by Crippen LogP contribution is 2.69. The number of hydrogen-bond donors (Lipinski definition) is 6. The van der Waals surface area contributed by atoms with E-state index >= 15 is 0 Å². The van der Waals surface area contributed by atoms with Crippen LogP contribution in [-0.2, 0) is 68.4 Å². The van der Waals surface area contributed by atoms with Gasteiger partial charge >= 0.3 is 39.1 Å². The maximum absolute atomic E-state index is 12.1. The van der Waals surface area contributed by atoms with Crippen molar-refractivity contribution in [2.24, 2.45) is 5.11 Å². The van der Waals surface area contributed by atoms with E-state index < -0.39 is 95.2 Å². The minimum absolute atomic E-state index is 0.0201. The molecule has 0 aromatic rings. The second kappa shape index (κ2) is 16.0. The fourth-order valence-corrected chi connectivity index (χ4v) is 8.58. The molecule has 2 aliphatic heterocycles. The number of aliphatic hydroxyl groups is 1. The molecule has 0 spiro atoms. The standard InChI is InChI=1S/C15H28N3O21P5/c1-4-5-6-30-40(20,21)34-14-12(33-10(3)13(14)19)8-31-41(22,23)36-37-43(26,27)39-44(28,29)38-42(24,25)35-15-11(17-18-16)7-9(2)32-15/h1,9-15,19H,5-8H2,2-3H3,(H,20,21)(H,22,23)(H,24,25)(H,26,27)(H,28,29)/t9-,10-,11?,12+,13+,14?,15+/m0/s1. The largest absolute Gasteiger partial charge is 0.508 e. The van der Waals surface area contributed by atoms with Crippen molar-refractivity contribution in [3.63, 3.8) is 0 Å². The van der Waals surface area contributed by atoms with E-state index in [9.17, 15) is 52.4 Å². The topological polar surface area (TPSA) is 348 Å². The van der Waals surface area contributed by atoms with Gasteiger partial charge in [0.05, 0.1) is 31.5 Å². The van der Waals surface area contributed by atoms with Crippen molar-refractivity contribution in [2.75, 3.05) is 13.2 Å². The molecule has 0 bridgehead atoms. The molecule has 0 aromatic carbocycles. The van der Waals surface area contributed by atoms with Gasteiger partial charge in [-0.05, 0) is 25.8 Å². The fourth-order valence-electron chi connectivity index (χ4n) is 3.39. The van der Waals surface area contributed by atoms with Crippen molar-refractivity contribution < 1.29 is 97.9 Å². The molecule has 0 amide bonds. The van der Waals surface area contributed by atoms with E-state index in [4.69, 9.17) is 26.0 Å². The summed E-state index contributed by atoms with van der Waals surface area (Å²) in [6, 6.07) is -1.17. The summed E-state index contributed by atoms with van der Waals surface area (Å²) in [6.07, 6.45) is -3.31. The first kappa shape index (κ1) is 39.6. The minimum atomic E-state index is -6.07. The Balaban J connectivity index is 1.94. The minimum Gasteiger partial charge on any atom is -0.388 e. The summed E-state index contributed by atoms with van der Waals surface area (Å²) in [5.74, 6) is 2.14. The average Bonchev–Trinajstić information content (AvgIpc) is 3.32. The van der Waals surface area contributed by atoms with Gasteiger partial charge in [-0.3, -0.25) is 18.1 Å². The van der Waals surface area contributed by atoms with Crippen molar-refractivity contribution in [1.29, 1.82) is 0 Å². The zero-order valence-electron chi connectivity index (χ0n) is 22.3. The maximum Gasteiger partial charge on any atom is 0.508 e. The van der Waals surface area contributed by atoms with E-state index in [1.54, 1.807) is 0 Å². The molecule has 7 unspecified atom stereocenters. The molecule has 12 atom stereocenters. The van der Waals surface area contributed by atoms with Crippen molar-refractivity contribution in [2.45, 2.75) is 69.5 Å². The predicted octanol–water partition coefficient (Wildman–Crippen LogP) is 1.89. The van der Waals surface area contributed by atoms with E-state index in [0.29, 0.717) is 0 Å². The number of rotatable bonds is 18. The number of phosphoric ester groups is 3. The van der Waals surface area contributed by atoms with Crippen LogP contribution < -0.4 is 0 Å². The Bertz CT molecular complexity index is 1340. The number of terminal acetylenes is 1. The van der Waals surface area contributed by atoms with Crippen molar-refractivity contribution in [1.82, 2.24) is 0 Å². The highest BCUT2D eigenvalue weighted by molar-refractivity contribution is 7.66. The lowest BCUT2D eigenvalue weighted by Crippen LogP contribution is -2.36. The van der Waals surface area contributed by atoms with Crippen molar-refractivity contribution in [3.05, 3.63) is 10.4 Å². The monoisotopic (exact) mass is 741 g/mol. The molecule has 2 fully saturated rings. The first-order chi connectivity index (χ1) is 20.1. The number of ether oxygens (including phenoxy) is 2. The second-order valence-electron chi connectivity index (χ2n) is 8.61. The Morgan fingerprint density at radius 1 is 0.909 bits per heavy atom. The molecule has 2 heterocycles. The first-order valence-electron chi connectivity index (χ1n) is 11.7. The van der Waals surface area contributed by atoms with Crippen molar-refractivity contribution in [3.8, 4) is 12.3 Å². The van der Waals surface area contributed by atoms with Gasteiger partial charge < -0.3 is 39.0 Å². The van der Waals surface area contributed by atoms with E-state index in [1.807, 2.05) is 0 Å². The van der Waals surface area contributed by atoms with Gasteiger partial charge in [0.2, 0.25) is 0 Å². The van der Waals surface area contributed by atoms with Crippen LogP contribution in [0.4, 0.5) is 0 Å². The SMILES string of the molecule is C#CCCOP(=O)(O)OC1[C@@H](COP(=O)(O)OOP(=O)(O)OP(=O)(O)OP(=O)(O)O[C@H]2O[C@@H](C)CC2N=[N+]=[N-])O[C@@H](C)[C@H]1O. The lowest BCUT2D eigenvalue weighted by atomic mass is 10.1. The molecule has 2 saturated heterocycles. The zero-order valence-corrected chi connectivity index (χ0v) is 26.8. The van der Waals surface area contributed by atoms with Crippen LogP contribution in [-0.4, -0.2) is 85.6 Å². The quantitative estimate of drug-likeness (QED) is 0.0171. The predicted molar refractivity (Wildman–Crippen MR) is 137 cm³/mol. The average molecular weight is 741 g/mol. The number of phosphoric acid groups is 5. The molecule has 0 radical (unpaired) electrons. The number of hydrogen-bond acceptors (Lipinski definition) is 17. The third-order valence-corrected chi connectivity index (χ3v) is 11.0. The van der Waals surface area contributed by atoms with E-state index in [0.717, 1.165) is 0 Å². The van der Waals surface area contributed by atoms with Crippen molar-refractivity contribution >= 4 is 39.1 Å². The van der Waals surface area contributed by atoms with Gasteiger partial charge in [0, 0.05) is 11.3 Å². The van der Waals surface area contributed by atoms with Crippen LogP contribution in [0.15, 0.2) is 5.11 Å². The summed E-state index contributed by atoms with van der Waals surface area (Å²) >= 11 is 0. The molecule has 29 heteroatoms. The molecule has 6 N–H and O–H groups in total. The Morgan fingerprint density at radius 3 is 2.14 bits per heavy atom. The summed E-state index contributed by atoms with van der Waals surface area (Å²) < 4.78 is 104. The molecular formula is C15H28N3O21P5. The van der Waals surface area contributed by atoms with Crippen LogP contribution in [0.1, 0.15) is 26.7 Å². The van der Waals surface area contributed by atoms with Gasteiger partial charge in [-0.25, -0.2) is 22.8 Å². The van der Waals surface area contributed by atoms with Gasteiger partial charge in [-0.15, -0.1) is 21.7 Å². The third-order valence-electron chi connectivity index (χ3n) is 5.06. The molecule has 254 valence electrons. The number of aliphatic hydroxyl groups excluding tert-OH is 1. The van der Waals surface area contributed by atoms with Crippen LogP contribution >= 0.6 is 39.1 Å². The number of azide groups is 1. The van der Waals surface area contributed by atoms with Crippen LogP contribution in [0.5, 0.6) is 0 Å². The highest BCUT2D eigenvalue weighted by atomic mass is 31.3. The number of nitrogens with zero attached hydrogens (tertiary/aromatic N) is 3. The van der Waals surface area contributed by atoms with Gasteiger partial charge in [-0.2, -0.15) is 8.62 Å². The van der Waals surface area contributed by atoms with Gasteiger partial charge in [0.25, 0.3) is 0 Å². The molecule has 2 rings (SSSR count). The summed E-state index contributed by atoms with van der Waals surface area (Å²) in [7, 11) is -28.2. The normalized spacial score (nSPS) is 33.9. The Hall–Kier alpha value is -0.620. The molecular weight excluding hydrogens is 713 g/mol. The molecule has 0 aliphatic carbocycles. The molecule has 44 heavy (non-hydrogen) atoms. The third kappa shape index (κ3) is 13.2. The molecule has 24 nitrogen and oxygen atoms in total. The van der Waals surface area contributed by atoms with E-state index in [2.05, 4.69) is 47.5 Å². The van der Waals surface area contributed by atoms with Gasteiger partial charge in [0.15, 0.2) is 6.29 Å². The second-order valence-corrected chi connectivity index (χ2v) is 15.8. The fraction of sp³-hybridized carbons (Fsp3) is 0.867. The van der Waals surface area contributed by atoms with Gasteiger partial charge in [0.1, 0.15) is 18.3 Å². The lowest BCUT2D eigenvalue weighted by molar-refractivity contribution is -0.149. The summed E-state index contributed by atoms with van der Waals surface area (Å²) in [5.41, 5.74) is 8.54. The Morgan fingerprint density at radius 2 is 1.52 bits per heavy atom. The summed E-state index contributed by atoms with van der Waals surface area (Å²) in [6.45, 7) is 1.31. The lowest BCUT2D eigenvalue weighted by Gasteiger charge is -2.23. The Kier molecular flexibility index (Phi) is 14.4. The van der Waals surface area contributed by atoms with Crippen LogP contribution in [0, 0.1) is 12.3 Å². The zero-order chi connectivity index (χ0) is 33.6. The summed E-state index contributed by atoms with van der Waals surface area (Å²) in [4.78, 5) is 51.0. The van der Waals surface area contributed by atoms with Gasteiger partial charge in [-0.1, -0.05) is 5.11 Å². The molecule has 0 saturated carbocycles. The molecule has 2 aliphatic rings. The smallest absolute Gasteiger partial charge is 0.388 e. The van der Waals surface area contributed by atoms with Crippen LogP contribution in [0.3, 0.4) is 0 Å². The molecule has 0 aromatic heterocycles. The Labute approximate surface area is 248 Å². The van der Waals surface area contributed by atoms with Crippen LogP contribution in [0.2, 0.25) is 0 Å². The van der Waals surface area contributed by atoms with Crippen LogP contribution in [0.25, 0.3) is 10.4 Å². The first-order valence-corrected chi connectivity index (χ1v) is 19.1. The maximum atomic E-state index is 12.1. The summed E-state index contributed by atoms with van der Waals surface area (Å²) in [5, 5.41) is 13.4. The van der Waals surface area contributed by atoms with E-state index in [-0.39, 0.29) is 12.8 Å². The van der Waals surface area contributed by atoms with E-state index in [1.165, 1.54) is 13.8 Å².